The number of halogens is 3. The number of rotatable bonds is 6. The van der Waals surface area contributed by atoms with E-state index < -0.39 is 12.1 Å². The van der Waals surface area contributed by atoms with Gasteiger partial charge in [-0.15, -0.1) is 10.2 Å². The molecule has 9 nitrogen and oxygen atoms in total. The van der Waals surface area contributed by atoms with E-state index in [1.54, 1.807) is 0 Å². The van der Waals surface area contributed by atoms with Crippen LogP contribution < -0.4 is 5.32 Å². The number of pyridine rings is 1. The highest BCUT2D eigenvalue weighted by atomic mass is 19.4. The molecule has 0 radical (unpaired) electrons. The van der Waals surface area contributed by atoms with Gasteiger partial charge in [-0.1, -0.05) is 30.3 Å². The summed E-state index contributed by atoms with van der Waals surface area (Å²) < 4.78 is 39.1. The van der Waals surface area contributed by atoms with Gasteiger partial charge in [0.25, 0.3) is 5.91 Å². The third kappa shape index (κ3) is 7.29. The molecule has 0 aliphatic carbocycles. The Hall–Kier alpha value is -3.51. The Morgan fingerprint density at radius 3 is 2.45 bits per heavy atom. The third-order valence-electron chi connectivity index (χ3n) is 6.71. The van der Waals surface area contributed by atoms with Gasteiger partial charge < -0.3 is 15.2 Å². The summed E-state index contributed by atoms with van der Waals surface area (Å²) in [4.78, 5) is 24.1. The molecule has 1 unspecified atom stereocenters. The van der Waals surface area contributed by atoms with Crippen molar-refractivity contribution < 1.29 is 32.6 Å². The predicted octanol–water partition coefficient (Wildman–Crippen LogP) is 3.51. The van der Waals surface area contributed by atoms with E-state index in [4.69, 9.17) is 14.6 Å². The van der Waals surface area contributed by atoms with Gasteiger partial charge in [-0.2, -0.15) is 13.2 Å². The van der Waals surface area contributed by atoms with E-state index in [2.05, 4.69) is 50.7 Å². The minimum atomic E-state index is -5.08. The smallest absolute Gasteiger partial charge is 0.475 e. The quantitative estimate of drug-likeness (QED) is 0.499. The standard InChI is InChI=1S/C24H29N5O2.C2HF3O2/c30-24(25-14-18-9-12-31-13-10-18)21-6-7-22-26-27-23(29(22)17-21)20-8-11-28(16-20)15-19-4-2-1-3-5-19;3-2(4,5)1(6)7/h1-7,17-18,20H,8-16H2,(H,25,30);(H,6,7). The molecule has 2 saturated heterocycles. The highest BCUT2D eigenvalue weighted by Gasteiger charge is 2.38. The number of aliphatic carboxylic acids is 1. The molecule has 3 aromatic rings. The lowest BCUT2D eigenvalue weighted by molar-refractivity contribution is -0.192. The average Bonchev–Trinajstić information content (AvgIpc) is 3.54. The zero-order valence-electron chi connectivity index (χ0n) is 20.7. The number of ether oxygens (including phenoxy) is 1. The van der Waals surface area contributed by atoms with Crippen LogP contribution in [0.3, 0.4) is 0 Å². The lowest BCUT2D eigenvalue weighted by Crippen LogP contribution is -2.32. The number of carbonyl (C=O) groups excluding carboxylic acids is 1. The molecule has 1 atom stereocenters. The number of hydrogen-bond acceptors (Lipinski definition) is 6. The van der Waals surface area contributed by atoms with E-state index in [0.717, 1.165) is 63.6 Å². The van der Waals surface area contributed by atoms with E-state index in [-0.39, 0.29) is 5.91 Å². The molecule has 38 heavy (non-hydrogen) atoms. The Morgan fingerprint density at radius 1 is 1.05 bits per heavy atom. The van der Waals surface area contributed by atoms with Crippen LogP contribution in [-0.4, -0.2) is 75.5 Å². The van der Waals surface area contributed by atoms with Crippen molar-refractivity contribution >= 4 is 17.5 Å². The van der Waals surface area contributed by atoms with Crippen molar-refractivity contribution in [1.82, 2.24) is 24.8 Å². The fraction of sp³-hybridized carbons (Fsp3) is 0.462. The lowest BCUT2D eigenvalue weighted by atomic mass is 10.0. The van der Waals surface area contributed by atoms with Crippen molar-refractivity contribution in [2.24, 2.45) is 5.92 Å². The second kappa shape index (κ2) is 12.4. The minimum absolute atomic E-state index is 0.0369. The highest BCUT2D eigenvalue weighted by molar-refractivity contribution is 5.94. The molecular formula is C26H30F3N5O4. The summed E-state index contributed by atoms with van der Waals surface area (Å²) in [5.41, 5.74) is 2.77. The molecule has 2 aliphatic heterocycles. The van der Waals surface area contributed by atoms with Crippen molar-refractivity contribution in [3.8, 4) is 0 Å². The molecule has 4 heterocycles. The van der Waals surface area contributed by atoms with E-state index in [0.29, 0.717) is 23.9 Å². The van der Waals surface area contributed by atoms with Crippen LogP contribution >= 0.6 is 0 Å². The number of carboxylic acids is 1. The van der Waals surface area contributed by atoms with Gasteiger partial charge in [0, 0.05) is 45.0 Å². The first-order valence-electron chi connectivity index (χ1n) is 12.5. The largest absolute Gasteiger partial charge is 0.490 e. The van der Waals surface area contributed by atoms with Crippen LogP contribution in [-0.2, 0) is 16.1 Å². The third-order valence-corrected chi connectivity index (χ3v) is 6.71. The van der Waals surface area contributed by atoms with Gasteiger partial charge in [0.05, 0.1) is 5.56 Å². The van der Waals surface area contributed by atoms with Gasteiger partial charge in [-0.3, -0.25) is 14.1 Å². The molecule has 2 aromatic heterocycles. The zero-order valence-corrected chi connectivity index (χ0v) is 20.7. The second-order valence-electron chi connectivity index (χ2n) is 9.48. The average molecular weight is 534 g/mol. The normalized spacial score (nSPS) is 18.7. The van der Waals surface area contributed by atoms with Gasteiger partial charge in [0.2, 0.25) is 0 Å². The van der Waals surface area contributed by atoms with Crippen LogP contribution in [0.4, 0.5) is 13.2 Å². The molecule has 1 amide bonds. The van der Waals surface area contributed by atoms with Crippen molar-refractivity contribution in [3.63, 3.8) is 0 Å². The summed E-state index contributed by atoms with van der Waals surface area (Å²) in [6.07, 6.45) is -0.121. The van der Waals surface area contributed by atoms with Crippen molar-refractivity contribution in [3.05, 3.63) is 65.6 Å². The number of aromatic nitrogens is 3. The van der Waals surface area contributed by atoms with Gasteiger partial charge in [-0.05, 0) is 49.4 Å². The Labute approximate surface area is 217 Å². The predicted molar refractivity (Wildman–Crippen MR) is 132 cm³/mol. The first-order chi connectivity index (χ1) is 18.2. The van der Waals surface area contributed by atoms with E-state index in [1.807, 2.05) is 22.7 Å². The maximum absolute atomic E-state index is 12.7. The molecule has 2 fully saturated rings. The van der Waals surface area contributed by atoms with Crippen LogP contribution in [0.5, 0.6) is 0 Å². The first kappa shape index (κ1) is 27.5. The molecular weight excluding hydrogens is 503 g/mol. The highest BCUT2D eigenvalue weighted by Crippen LogP contribution is 2.27. The van der Waals surface area contributed by atoms with E-state index >= 15 is 0 Å². The number of benzene rings is 1. The topological polar surface area (TPSA) is 109 Å². The number of carboxylic acid groups (broad SMARTS) is 1. The first-order valence-corrected chi connectivity index (χ1v) is 12.5. The van der Waals surface area contributed by atoms with Gasteiger partial charge in [-0.25, -0.2) is 4.79 Å². The summed E-state index contributed by atoms with van der Waals surface area (Å²) >= 11 is 0. The number of nitrogens with one attached hydrogen (secondary N) is 1. The van der Waals surface area contributed by atoms with Crippen molar-refractivity contribution in [2.45, 2.75) is 37.9 Å². The van der Waals surface area contributed by atoms with Crippen LogP contribution in [0.25, 0.3) is 5.65 Å². The van der Waals surface area contributed by atoms with Crippen LogP contribution in [0.2, 0.25) is 0 Å². The summed E-state index contributed by atoms with van der Waals surface area (Å²) in [6.45, 7) is 5.23. The fourth-order valence-corrected chi connectivity index (χ4v) is 4.64. The van der Waals surface area contributed by atoms with E-state index in [9.17, 15) is 18.0 Å². The summed E-state index contributed by atoms with van der Waals surface area (Å²) in [6, 6.07) is 14.3. The van der Waals surface area contributed by atoms with Crippen molar-refractivity contribution in [2.75, 3.05) is 32.8 Å². The Bertz CT molecular complexity index is 1230. The number of alkyl halides is 3. The molecule has 0 spiro atoms. The molecule has 0 bridgehead atoms. The minimum Gasteiger partial charge on any atom is -0.475 e. The fourth-order valence-electron chi connectivity index (χ4n) is 4.64. The molecule has 1 aromatic carbocycles. The zero-order chi connectivity index (χ0) is 27.1. The number of hydrogen-bond donors (Lipinski definition) is 2. The second-order valence-corrected chi connectivity index (χ2v) is 9.48. The van der Waals surface area contributed by atoms with E-state index in [1.165, 1.54) is 5.56 Å². The van der Waals surface area contributed by atoms with Crippen LogP contribution in [0, 0.1) is 5.92 Å². The maximum Gasteiger partial charge on any atom is 0.490 e. The van der Waals surface area contributed by atoms with Crippen LogP contribution in [0.15, 0.2) is 48.7 Å². The maximum atomic E-state index is 12.7. The van der Waals surface area contributed by atoms with Gasteiger partial charge >= 0.3 is 12.1 Å². The number of fused-ring (bicyclic) bond motifs is 1. The summed E-state index contributed by atoms with van der Waals surface area (Å²) in [5.74, 6) is -1.03. The number of nitrogens with zero attached hydrogens (tertiary/aromatic N) is 4. The molecule has 5 rings (SSSR count). The van der Waals surface area contributed by atoms with Crippen molar-refractivity contribution in [1.29, 1.82) is 0 Å². The monoisotopic (exact) mass is 533 g/mol. The Kier molecular flexibility index (Phi) is 8.95. The molecule has 12 heteroatoms. The molecule has 0 saturated carbocycles. The summed E-state index contributed by atoms with van der Waals surface area (Å²) in [5, 5.41) is 19.0. The Morgan fingerprint density at radius 2 is 1.76 bits per heavy atom. The Balaban J connectivity index is 0.000000426. The number of likely N-dealkylation sites (tertiary alicyclic amines) is 1. The van der Waals surface area contributed by atoms with Crippen LogP contribution in [0.1, 0.15) is 46.9 Å². The molecule has 2 N–H and O–H groups in total. The van der Waals surface area contributed by atoms with Gasteiger partial charge in [0.1, 0.15) is 5.82 Å². The molecule has 2 aliphatic rings. The SMILES string of the molecule is O=C(NCC1CCOCC1)c1ccc2nnc(C3CCN(Cc4ccccc4)C3)n2c1.O=C(O)C(F)(F)F. The molecule has 204 valence electrons. The number of amides is 1. The lowest BCUT2D eigenvalue weighted by Gasteiger charge is -2.22. The number of carbonyl (C=O) groups is 2. The van der Waals surface area contributed by atoms with Gasteiger partial charge in [0.15, 0.2) is 5.65 Å². The summed E-state index contributed by atoms with van der Waals surface area (Å²) in [7, 11) is 0.